The zero-order chi connectivity index (χ0) is 9.56. The minimum Gasteiger partial charge on any atom is -0.274 e. The van der Waals surface area contributed by atoms with Crippen LogP contribution >= 0.6 is 11.9 Å². The first-order chi connectivity index (χ1) is 5.74. The summed E-state index contributed by atoms with van der Waals surface area (Å²) in [6.45, 7) is 8.19. The van der Waals surface area contributed by atoms with Gasteiger partial charge in [-0.25, -0.2) is 0 Å². The summed E-state index contributed by atoms with van der Waals surface area (Å²) in [4.78, 5) is 1.13. The lowest BCUT2D eigenvalue weighted by atomic mass is 10.1. The quantitative estimate of drug-likeness (QED) is 0.676. The summed E-state index contributed by atoms with van der Waals surface area (Å²) < 4.78 is 0. The molecule has 0 aliphatic rings. The molecule has 0 unspecified atom stereocenters. The molecule has 0 aliphatic heterocycles. The Morgan fingerprint density at radius 3 is 2.08 bits per heavy atom. The molecule has 2 N–H and O–H groups in total. The van der Waals surface area contributed by atoms with Crippen LogP contribution in [0.3, 0.4) is 0 Å². The van der Waals surface area contributed by atoms with E-state index in [1.165, 1.54) is 23.1 Å². The van der Waals surface area contributed by atoms with E-state index in [9.17, 15) is 0 Å². The molecular weight excluding hydrogens is 166 g/mol. The molecule has 0 amide bonds. The standard InChI is InChI=1S/C8H11NS.C2H6/c1-6-3-4-8(10-9)5-7(6)2;1-2/h3-5H,9H2,1-2H3;1-2H3. The Balaban J connectivity index is 0.000000561. The second-order valence-electron chi connectivity index (χ2n) is 2.36. The third-order valence-corrected chi connectivity index (χ3v) is 2.14. The van der Waals surface area contributed by atoms with Gasteiger partial charge in [-0.05, 0) is 49.1 Å². The van der Waals surface area contributed by atoms with E-state index in [-0.39, 0.29) is 0 Å². The van der Waals surface area contributed by atoms with E-state index in [4.69, 9.17) is 5.14 Å². The maximum atomic E-state index is 5.39. The van der Waals surface area contributed by atoms with Crippen LogP contribution in [0.1, 0.15) is 25.0 Å². The van der Waals surface area contributed by atoms with Gasteiger partial charge in [0.25, 0.3) is 0 Å². The minimum absolute atomic E-state index is 1.13. The van der Waals surface area contributed by atoms with Crippen LogP contribution in [0.25, 0.3) is 0 Å². The molecule has 0 atom stereocenters. The van der Waals surface area contributed by atoms with E-state index in [0.29, 0.717) is 0 Å². The summed E-state index contributed by atoms with van der Waals surface area (Å²) in [5.41, 5.74) is 2.62. The predicted octanol–water partition coefficient (Wildman–Crippen LogP) is 3.30. The largest absolute Gasteiger partial charge is 0.274 e. The number of hydrogen-bond acceptors (Lipinski definition) is 2. The normalized spacial score (nSPS) is 8.75. The Morgan fingerprint density at radius 1 is 1.08 bits per heavy atom. The Labute approximate surface area is 79.5 Å². The molecule has 12 heavy (non-hydrogen) atoms. The van der Waals surface area contributed by atoms with Crippen LogP contribution in [0, 0.1) is 13.8 Å². The van der Waals surface area contributed by atoms with Gasteiger partial charge in [-0.1, -0.05) is 19.9 Å². The highest BCUT2D eigenvalue weighted by atomic mass is 32.2. The number of benzene rings is 1. The van der Waals surface area contributed by atoms with Crippen molar-refractivity contribution in [3.63, 3.8) is 0 Å². The third kappa shape index (κ3) is 3.28. The van der Waals surface area contributed by atoms with Crippen LogP contribution in [-0.2, 0) is 0 Å². The molecule has 2 heteroatoms. The molecule has 1 nitrogen and oxygen atoms in total. The molecule has 0 heterocycles. The highest BCUT2D eigenvalue weighted by Crippen LogP contribution is 2.15. The van der Waals surface area contributed by atoms with Crippen LogP contribution in [-0.4, -0.2) is 0 Å². The van der Waals surface area contributed by atoms with Crippen molar-refractivity contribution in [2.45, 2.75) is 32.6 Å². The molecule has 0 bridgehead atoms. The molecule has 0 saturated heterocycles. The Morgan fingerprint density at radius 2 is 1.67 bits per heavy atom. The first kappa shape index (κ1) is 11.5. The van der Waals surface area contributed by atoms with Crippen LogP contribution in [0.15, 0.2) is 23.1 Å². The molecule has 1 aromatic carbocycles. The summed E-state index contributed by atoms with van der Waals surface area (Å²) in [6, 6.07) is 6.22. The summed E-state index contributed by atoms with van der Waals surface area (Å²) >= 11 is 1.29. The minimum atomic E-state index is 1.13. The van der Waals surface area contributed by atoms with Crippen molar-refractivity contribution in [1.29, 1.82) is 0 Å². The first-order valence-corrected chi connectivity index (χ1v) is 5.06. The summed E-state index contributed by atoms with van der Waals surface area (Å²) in [6.07, 6.45) is 0. The zero-order valence-corrected chi connectivity index (χ0v) is 9.03. The molecule has 0 spiro atoms. The van der Waals surface area contributed by atoms with E-state index in [1.54, 1.807) is 0 Å². The monoisotopic (exact) mass is 183 g/mol. The average molecular weight is 183 g/mol. The topological polar surface area (TPSA) is 26.0 Å². The van der Waals surface area contributed by atoms with E-state index >= 15 is 0 Å². The Hall–Kier alpha value is -0.470. The molecule has 0 saturated carbocycles. The van der Waals surface area contributed by atoms with Gasteiger partial charge in [-0.3, -0.25) is 5.14 Å². The van der Waals surface area contributed by atoms with E-state index in [0.717, 1.165) is 4.90 Å². The SMILES string of the molecule is CC.Cc1ccc(SN)cc1C. The maximum Gasteiger partial charge on any atom is 0.0228 e. The Kier molecular flexibility index (Phi) is 5.85. The molecule has 68 valence electrons. The fourth-order valence-corrected chi connectivity index (χ4v) is 1.18. The van der Waals surface area contributed by atoms with Crippen molar-refractivity contribution < 1.29 is 0 Å². The first-order valence-electron chi connectivity index (χ1n) is 4.18. The highest BCUT2D eigenvalue weighted by Gasteiger charge is 1.93. The summed E-state index contributed by atoms with van der Waals surface area (Å²) in [7, 11) is 0. The van der Waals surface area contributed by atoms with Crippen molar-refractivity contribution in [2.24, 2.45) is 5.14 Å². The van der Waals surface area contributed by atoms with E-state index in [1.807, 2.05) is 19.9 Å². The Bertz CT molecular complexity index is 233. The number of rotatable bonds is 1. The predicted molar refractivity (Wildman–Crippen MR) is 57.3 cm³/mol. The second kappa shape index (κ2) is 6.09. The average Bonchev–Trinajstić information content (AvgIpc) is 2.13. The molecule has 0 aromatic heterocycles. The van der Waals surface area contributed by atoms with Gasteiger partial charge in [0.05, 0.1) is 0 Å². The molecular formula is C10H17NS. The molecule has 1 rings (SSSR count). The van der Waals surface area contributed by atoms with Gasteiger partial charge in [-0.2, -0.15) is 0 Å². The van der Waals surface area contributed by atoms with E-state index in [2.05, 4.69) is 26.0 Å². The van der Waals surface area contributed by atoms with Gasteiger partial charge >= 0.3 is 0 Å². The van der Waals surface area contributed by atoms with Crippen molar-refractivity contribution in [2.75, 3.05) is 0 Å². The summed E-state index contributed by atoms with van der Waals surface area (Å²) in [5.74, 6) is 0. The van der Waals surface area contributed by atoms with Crippen molar-refractivity contribution >= 4 is 11.9 Å². The van der Waals surface area contributed by atoms with Gasteiger partial charge < -0.3 is 0 Å². The van der Waals surface area contributed by atoms with Crippen LogP contribution in [0.2, 0.25) is 0 Å². The lowest BCUT2D eigenvalue weighted by Gasteiger charge is -2.00. The highest BCUT2D eigenvalue weighted by molar-refractivity contribution is 7.97. The van der Waals surface area contributed by atoms with Crippen molar-refractivity contribution in [1.82, 2.24) is 0 Å². The van der Waals surface area contributed by atoms with Crippen molar-refractivity contribution in [3.8, 4) is 0 Å². The number of aryl methyl sites for hydroxylation is 2. The maximum absolute atomic E-state index is 5.39. The van der Waals surface area contributed by atoms with Crippen LogP contribution in [0.4, 0.5) is 0 Å². The van der Waals surface area contributed by atoms with Gasteiger partial charge in [0, 0.05) is 4.90 Å². The van der Waals surface area contributed by atoms with Crippen LogP contribution in [0.5, 0.6) is 0 Å². The lowest BCUT2D eigenvalue weighted by molar-refractivity contribution is 1.28. The van der Waals surface area contributed by atoms with E-state index < -0.39 is 0 Å². The molecule has 0 aliphatic carbocycles. The fourth-order valence-electron chi connectivity index (χ4n) is 0.787. The fraction of sp³-hybridized carbons (Fsp3) is 0.400. The van der Waals surface area contributed by atoms with Gasteiger partial charge in [-0.15, -0.1) is 0 Å². The van der Waals surface area contributed by atoms with Crippen molar-refractivity contribution in [3.05, 3.63) is 29.3 Å². The zero-order valence-electron chi connectivity index (χ0n) is 8.22. The number of hydrogen-bond donors (Lipinski definition) is 1. The third-order valence-electron chi connectivity index (χ3n) is 1.61. The smallest absolute Gasteiger partial charge is 0.0228 e. The lowest BCUT2D eigenvalue weighted by Crippen LogP contribution is -1.83. The molecule has 0 radical (unpaired) electrons. The van der Waals surface area contributed by atoms with Crippen LogP contribution < -0.4 is 5.14 Å². The van der Waals surface area contributed by atoms with Gasteiger partial charge in [0.2, 0.25) is 0 Å². The summed E-state index contributed by atoms with van der Waals surface area (Å²) in [5, 5.41) is 5.39. The van der Waals surface area contributed by atoms with Gasteiger partial charge in [0.15, 0.2) is 0 Å². The molecule has 1 aromatic rings. The number of nitrogens with two attached hydrogens (primary N) is 1. The second-order valence-corrected chi connectivity index (χ2v) is 3.07. The van der Waals surface area contributed by atoms with Gasteiger partial charge in [0.1, 0.15) is 0 Å². The molecule has 0 fully saturated rings.